The van der Waals surface area contributed by atoms with Crippen LogP contribution in [-0.2, 0) is 36.7 Å². The summed E-state index contributed by atoms with van der Waals surface area (Å²) in [5, 5.41) is 11.4. The molecule has 1 saturated carbocycles. The van der Waals surface area contributed by atoms with Gasteiger partial charge in [-0.2, -0.15) is 4.98 Å². The predicted molar refractivity (Wildman–Crippen MR) is 165 cm³/mol. The number of hydrogen-bond acceptors (Lipinski definition) is 17. The second-order valence-corrected chi connectivity index (χ2v) is 16.6. The minimum absolute atomic E-state index is 0.0432. The minimum atomic E-state index is -4.23. The Balaban J connectivity index is 1.22. The molecule has 4 aromatic rings. The van der Waals surface area contributed by atoms with Gasteiger partial charge in [0.2, 0.25) is 5.95 Å². The van der Waals surface area contributed by atoms with Crippen LogP contribution in [0.5, 0.6) is 0 Å². The molecule has 6 heterocycles. The Morgan fingerprint density at radius 2 is 1.70 bits per heavy atom. The van der Waals surface area contributed by atoms with Gasteiger partial charge in [-0.1, -0.05) is 24.5 Å². The number of imidazole rings is 2. The van der Waals surface area contributed by atoms with Crippen LogP contribution in [0.2, 0.25) is 0 Å². The summed E-state index contributed by atoms with van der Waals surface area (Å²) in [6, 6.07) is -0.710. The maximum absolute atomic E-state index is 13.8. The molecule has 10 atom stereocenters. The van der Waals surface area contributed by atoms with E-state index in [2.05, 4.69) is 54.4 Å². The molecule has 1 aliphatic carbocycles. The van der Waals surface area contributed by atoms with E-state index in [0.717, 1.165) is 0 Å². The van der Waals surface area contributed by atoms with Crippen LogP contribution < -0.4 is 17.0 Å². The fourth-order valence-electron chi connectivity index (χ4n) is 6.10. The monoisotopic (exact) mass is 718 g/mol. The van der Waals surface area contributed by atoms with Gasteiger partial charge in [-0.15, -0.1) is 0 Å². The third-order valence-electron chi connectivity index (χ3n) is 8.13. The highest BCUT2D eigenvalue weighted by Crippen LogP contribution is 2.61. The number of H-pyrrole nitrogens is 1. The first-order valence-corrected chi connectivity index (χ1v) is 19.1. The predicted octanol–water partition coefficient (Wildman–Crippen LogP) is 0.851. The van der Waals surface area contributed by atoms with Gasteiger partial charge in [-0.3, -0.25) is 27.9 Å². The molecule has 6 N–H and O–H groups in total. The molecule has 3 fully saturated rings. The second-order valence-electron chi connectivity index (χ2n) is 10.8. The lowest BCUT2D eigenvalue weighted by Crippen LogP contribution is -2.37. The van der Waals surface area contributed by atoms with Crippen LogP contribution in [0.1, 0.15) is 18.7 Å². The highest BCUT2D eigenvalue weighted by atomic mass is 32.7. The summed E-state index contributed by atoms with van der Waals surface area (Å²) < 4.78 is 65.3. The maximum atomic E-state index is 13.8. The zero-order chi connectivity index (χ0) is 32.5. The largest absolute Gasteiger partial charge is 0.388 e. The van der Waals surface area contributed by atoms with E-state index in [-0.39, 0.29) is 36.0 Å². The molecule has 248 valence electrons. The van der Waals surface area contributed by atoms with E-state index in [1.165, 1.54) is 30.7 Å². The van der Waals surface area contributed by atoms with Crippen molar-refractivity contribution in [3.63, 3.8) is 0 Å². The quantitative estimate of drug-likeness (QED) is 0.127. The molecule has 20 nitrogen and oxygen atoms in total. The van der Waals surface area contributed by atoms with Crippen LogP contribution in [0.3, 0.4) is 0 Å². The first-order valence-electron chi connectivity index (χ1n) is 13.7. The normalized spacial score (nSPS) is 37.1. The number of aromatic amines is 1. The number of anilines is 2. The van der Waals surface area contributed by atoms with Gasteiger partial charge >= 0.3 is 13.6 Å². The van der Waals surface area contributed by atoms with E-state index >= 15 is 0 Å². The average molecular weight is 719 g/mol. The van der Waals surface area contributed by atoms with Gasteiger partial charge in [-0.05, 0) is 6.42 Å². The third kappa shape index (κ3) is 5.64. The molecule has 2 aliphatic heterocycles. The van der Waals surface area contributed by atoms with Crippen molar-refractivity contribution in [2.75, 3.05) is 31.8 Å². The Morgan fingerprint density at radius 1 is 1.00 bits per heavy atom. The number of aromatic nitrogens is 8. The van der Waals surface area contributed by atoms with Crippen molar-refractivity contribution in [2.24, 2.45) is 5.92 Å². The molecule has 24 heteroatoms. The van der Waals surface area contributed by atoms with E-state index < -0.39 is 74.5 Å². The fourth-order valence-corrected chi connectivity index (χ4v) is 9.13. The standard InChI is InChI=1S/C22H28N10O10P2S2/c1-37-15-10-4-39-44(36,46)41-14-8(2-9(13(14)33)31-6-27-11-17(23)25-5-26-18(11)31)3-38-43(35,45)42-16(15)21(40-10)32-7-28-12-19(32)29-22(24)30-20(12)34/h5-10,13-16,21,33H,2-4H2,1H3,(H,35,45)(H,36,46)(H2,23,25,26)(H3,24,29,30,34)/t8-,9-,10-,13+,14-,15-,16-,21-,43-,44-/m1/s1. The van der Waals surface area contributed by atoms with Crippen LogP contribution in [0, 0.1) is 5.92 Å². The summed E-state index contributed by atoms with van der Waals surface area (Å²) in [6.07, 6.45) is -2.71. The van der Waals surface area contributed by atoms with E-state index in [1.807, 2.05) is 0 Å². The van der Waals surface area contributed by atoms with Gasteiger partial charge in [0.15, 0.2) is 28.9 Å². The summed E-state index contributed by atoms with van der Waals surface area (Å²) in [5.41, 5.74) is 11.8. The maximum Gasteiger partial charge on any atom is 0.386 e. The van der Waals surface area contributed by atoms with Crippen molar-refractivity contribution < 1.29 is 41.8 Å². The Labute approximate surface area is 268 Å². The zero-order valence-electron chi connectivity index (χ0n) is 23.7. The van der Waals surface area contributed by atoms with Crippen molar-refractivity contribution in [3.8, 4) is 0 Å². The molecule has 3 aliphatic rings. The number of nitrogens with two attached hydrogens (primary N) is 2. The number of nitrogens with one attached hydrogen (secondary N) is 1. The van der Waals surface area contributed by atoms with Crippen LogP contribution in [0.15, 0.2) is 23.8 Å². The van der Waals surface area contributed by atoms with E-state index in [0.29, 0.717) is 11.2 Å². The molecule has 46 heavy (non-hydrogen) atoms. The first kappa shape index (κ1) is 32.0. The Kier molecular flexibility index (Phi) is 8.21. The number of nitrogen functional groups attached to an aromatic ring is 2. The van der Waals surface area contributed by atoms with Crippen LogP contribution in [0.25, 0.3) is 22.3 Å². The molecule has 2 saturated heterocycles. The van der Waals surface area contributed by atoms with Crippen LogP contribution in [-0.4, -0.2) is 95.0 Å². The van der Waals surface area contributed by atoms with E-state index in [4.69, 9.17) is 39.0 Å². The minimum Gasteiger partial charge on any atom is -0.388 e. The summed E-state index contributed by atoms with van der Waals surface area (Å²) in [6.45, 7) is -9.16. The van der Waals surface area contributed by atoms with Crippen molar-refractivity contribution in [2.45, 2.75) is 49.2 Å². The zero-order valence-corrected chi connectivity index (χ0v) is 27.2. The number of rotatable bonds is 3. The molecular formula is C22H28N10O10P2S2. The molecule has 2 bridgehead atoms. The number of hydrogen-bond donors (Lipinski definition) is 6. The Hall–Kier alpha value is -2.62. The van der Waals surface area contributed by atoms with Crippen molar-refractivity contribution in [1.29, 1.82) is 0 Å². The van der Waals surface area contributed by atoms with Gasteiger partial charge in [0.1, 0.15) is 42.4 Å². The molecule has 0 unspecified atom stereocenters. The van der Waals surface area contributed by atoms with Gasteiger partial charge < -0.3 is 35.1 Å². The number of methoxy groups -OCH3 is 1. The lowest BCUT2D eigenvalue weighted by atomic mass is 10.1. The van der Waals surface area contributed by atoms with Gasteiger partial charge in [-0.25, -0.2) is 29.1 Å². The SMILES string of the molecule is CO[C@H]1[C@H]2O[P@](=O)(S)OC[C@H]3C[C@@H](n4cnc5c(N)ncnc54)[C@H](O)[C@@H]3O[P@](=O)(S)OC[C@H]1O[C@H]2n1cnc2c(=O)[nH]c(N)nc21. The molecular weight excluding hydrogens is 690 g/mol. The lowest BCUT2D eigenvalue weighted by Gasteiger charge is -2.27. The molecule has 0 aromatic carbocycles. The number of nitrogens with zero attached hydrogens (tertiary/aromatic N) is 7. The number of aliphatic hydroxyl groups excluding tert-OH is 1. The lowest BCUT2D eigenvalue weighted by molar-refractivity contribution is -0.0543. The summed E-state index contributed by atoms with van der Waals surface area (Å²) in [4.78, 5) is 35.5. The topological polar surface area (TPSA) is 269 Å². The smallest absolute Gasteiger partial charge is 0.386 e. The van der Waals surface area contributed by atoms with Gasteiger partial charge in [0.05, 0.1) is 31.9 Å². The van der Waals surface area contributed by atoms with E-state index in [9.17, 15) is 19.0 Å². The van der Waals surface area contributed by atoms with Crippen molar-refractivity contribution >= 4 is 72.2 Å². The highest BCUT2D eigenvalue weighted by molar-refractivity contribution is 8.44. The second kappa shape index (κ2) is 11.8. The number of fused-ring (bicyclic) bond motifs is 5. The molecule has 7 rings (SSSR count). The summed E-state index contributed by atoms with van der Waals surface area (Å²) >= 11 is 8.40. The molecule has 0 spiro atoms. The first-order chi connectivity index (χ1) is 21.9. The highest BCUT2D eigenvalue weighted by Gasteiger charge is 2.53. The molecule has 0 radical (unpaired) electrons. The van der Waals surface area contributed by atoms with Crippen molar-refractivity contribution in [1.82, 2.24) is 39.0 Å². The number of aliphatic hydroxyl groups is 1. The van der Waals surface area contributed by atoms with Crippen molar-refractivity contribution in [3.05, 3.63) is 29.3 Å². The van der Waals surface area contributed by atoms with Crippen LogP contribution in [0.4, 0.5) is 11.8 Å². The van der Waals surface area contributed by atoms with E-state index in [1.54, 1.807) is 4.57 Å². The molecule has 0 amide bonds. The summed E-state index contributed by atoms with van der Waals surface area (Å²) in [5.74, 6) is -0.744. The molecule has 4 aromatic heterocycles. The Morgan fingerprint density at radius 3 is 2.46 bits per heavy atom. The average Bonchev–Trinajstić information content (AvgIpc) is 3.75. The number of ether oxygens (including phenoxy) is 2. The Bertz CT molecular complexity index is 1960. The summed E-state index contributed by atoms with van der Waals surface area (Å²) in [7, 11) is 1.35. The van der Waals surface area contributed by atoms with Crippen LogP contribution >= 0.6 is 38.1 Å². The van der Waals surface area contributed by atoms with Gasteiger partial charge in [0, 0.05) is 13.0 Å². The third-order valence-corrected chi connectivity index (χ3v) is 11.4. The van der Waals surface area contributed by atoms with Gasteiger partial charge in [0.25, 0.3) is 5.56 Å². The fraction of sp³-hybridized carbons (Fsp3) is 0.545. The number of thiol groups is 2.